The summed E-state index contributed by atoms with van der Waals surface area (Å²) in [5.74, 6) is 1.11. The molecule has 0 unspecified atom stereocenters. The lowest BCUT2D eigenvalue weighted by molar-refractivity contribution is 0.413. The van der Waals surface area contributed by atoms with Gasteiger partial charge in [-0.05, 0) is 18.6 Å². The topological polar surface area (TPSA) is 50.3 Å². The predicted octanol–water partition coefficient (Wildman–Crippen LogP) is 3.08. The Kier molecular flexibility index (Phi) is 5.63. The van der Waals surface area contributed by atoms with E-state index in [1.54, 1.807) is 7.11 Å². The number of methoxy groups -OCH3 is 1. The van der Waals surface area contributed by atoms with Crippen LogP contribution in [0.4, 0.5) is 11.5 Å². The minimum absolute atomic E-state index is 0.316. The van der Waals surface area contributed by atoms with Crippen LogP contribution in [0.1, 0.15) is 6.42 Å². The molecule has 112 valence electrons. The summed E-state index contributed by atoms with van der Waals surface area (Å²) in [6.45, 7) is 1.72. The van der Waals surface area contributed by atoms with Gasteiger partial charge in [-0.1, -0.05) is 29.8 Å². The first kappa shape index (κ1) is 15.4. The van der Waals surface area contributed by atoms with Crippen LogP contribution in [-0.2, 0) is 0 Å². The fourth-order valence-corrected chi connectivity index (χ4v) is 2.20. The number of hydrogen-bond acceptors (Lipinski definition) is 5. The van der Waals surface area contributed by atoms with Crippen molar-refractivity contribution in [3.8, 4) is 5.75 Å². The number of nitrogens with zero attached hydrogens (tertiary/aromatic N) is 3. The summed E-state index contributed by atoms with van der Waals surface area (Å²) >= 11 is 5.95. The molecule has 0 spiro atoms. The molecule has 0 fully saturated rings. The molecular weight excluding hydrogens is 288 g/mol. The highest BCUT2D eigenvalue weighted by molar-refractivity contribution is 6.31. The first-order chi connectivity index (χ1) is 10.2. The lowest BCUT2D eigenvalue weighted by Crippen LogP contribution is -2.21. The third-order valence-corrected chi connectivity index (χ3v) is 3.39. The molecule has 0 atom stereocenters. The van der Waals surface area contributed by atoms with Gasteiger partial charge >= 0.3 is 0 Å². The highest BCUT2D eigenvalue weighted by Crippen LogP contribution is 2.28. The maximum atomic E-state index is 5.95. The maximum absolute atomic E-state index is 5.95. The SMILES string of the molecule is COc1c(Cl)ncnc1NCCCN(C)c1ccccc1. The number of ether oxygens (including phenoxy) is 1. The first-order valence-electron chi connectivity index (χ1n) is 6.77. The van der Waals surface area contributed by atoms with Gasteiger partial charge in [0.25, 0.3) is 0 Å². The number of anilines is 2. The van der Waals surface area contributed by atoms with E-state index in [-0.39, 0.29) is 0 Å². The summed E-state index contributed by atoms with van der Waals surface area (Å²) in [4.78, 5) is 10.2. The van der Waals surface area contributed by atoms with Crippen molar-refractivity contribution in [2.24, 2.45) is 0 Å². The van der Waals surface area contributed by atoms with Crippen molar-refractivity contribution in [2.45, 2.75) is 6.42 Å². The molecule has 0 aliphatic rings. The number of rotatable bonds is 7. The van der Waals surface area contributed by atoms with Gasteiger partial charge in [-0.25, -0.2) is 9.97 Å². The second kappa shape index (κ2) is 7.69. The normalized spacial score (nSPS) is 10.2. The number of hydrogen-bond donors (Lipinski definition) is 1. The molecule has 21 heavy (non-hydrogen) atoms. The monoisotopic (exact) mass is 306 g/mol. The van der Waals surface area contributed by atoms with E-state index in [4.69, 9.17) is 16.3 Å². The minimum Gasteiger partial charge on any atom is -0.490 e. The second-order valence-electron chi connectivity index (χ2n) is 4.58. The highest BCUT2D eigenvalue weighted by atomic mass is 35.5. The molecule has 0 aliphatic heterocycles. The van der Waals surface area contributed by atoms with Gasteiger partial charge in [0.2, 0.25) is 0 Å². The molecular formula is C15H19ClN4O. The third-order valence-electron chi connectivity index (χ3n) is 3.12. The van der Waals surface area contributed by atoms with Crippen LogP contribution in [0.15, 0.2) is 36.7 Å². The number of benzene rings is 1. The summed E-state index contributed by atoms with van der Waals surface area (Å²) in [6, 6.07) is 10.3. The third kappa shape index (κ3) is 4.23. The summed E-state index contributed by atoms with van der Waals surface area (Å²) in [6.07, 6.45) is 2.39. The van der Waals surface area contributed by atoms with Gasteiger partial charge in [0, 0.05) is 25.8 Å². The predicted molar refractivity (Wildman–Crippen MR) is 86.4 cm³/mol. The summed E-state index contributed by atoms with van der Waals surface area (Å²) < 4.78 is 5.19. The first-order valence-corrected chi connectivity index (χ1v) is 7.14. The van der Waals surface area contributed by atoms with E-state index in [2.05, 4.69) is 39.4 Å². The molecule has 6 heteroatoms. The van der Waals surface area contributed by atoms with Gasteiger partial charge in [-0.15, -0.1) is 0 Å². The Balaban J connectivity index is 1.81. The van der Waals surface area contributed by atoms with E-state index in [0.717, 1.165) is 19.5 Å². The van der Waals surface area contributed by atoms with Crippen LogP contribution in [0.5, 0.6) is 5.75 Å². The zero-order valence-corrected chi connectivity index (χ0v) is 13.0. The number of para-hydroxylation sites is 1. The molecule has 0 aliphatic carbocycles. The Morgan fingerprint density at radius 3 is 2.71 bits per heavy atom. The summed E-state index contributed by atoms with van der Waals surface area (Å²) in [5.41, 5.74) is 1.21. The fraction of sp³-hybridized carbons (Fsp3) is 0.333. The van der Waals surface area contributed by atoms with Gasteiger partial charge in [-0.2, -0.15) is 0 Å². The van der Waals surface area contributed by atoms with Crippen molar-refractivity contribution in [3.05, 3.63) is 41.8 Å². The van der Waals surface area contributed by atoms with E-state index in [1.165, 1.54) is 12.0 Å². The number of halogens is 1. The van der Waals surface area contributed by atoms with Crippen molar-refractivity contribution < 1.29 is 4.74 Å². The Labute approximate surface area is 129 Å². The molecule has 0 saturated carbocycles. The number of nitrogens with one attached hydrogen (secondary N) is 1. The quantitative estimate of drug-likeness (QED) is 0.629. The van der Waals surface area contributed by atoms with Crippen LogP contribution in [0, 0.1) is 0 Å². The van der Waals surface area contributed by atoms with Gasteiger partial charge in [0.15, 0.2) is 16.7 Å². The zero-order valence-electron chi connectivity index (χ0n) is 12.2. The molecule has 0 saturated heterocycles. The molecule has 1 N–H and O–H groups in total. The second-order valence-corrected chi connectivity index (χ2v) is 4.94. The highest BCUT2D eigenvalue weighted by Gasteiger charge is 2.09. The van der Waals surface area contributed by atoms with Crippen molar-refractivity contribution in [2.75, 3.05) is 37.5 Å². The van der Waals surface area contributed by atoms with Gasteiger partial charge in [0.05, 0.1) is 7.11 Å². The van der Waals surface area contributed by atoms with Crippen LogP contribution in [0.2, 0.25) is 5.15 Å². The van der Waals surface area contributed by atoms with E-state index in [1.807, 2.05) is 18.2 Å². The molecule has 0 amide bonds. The summed E-state index contributed by atoms with van der Waals surface area (Å²) in [5, 5.41) is 3.54. The average Bonchev–Trinajstić information content (AvgIpc) is 2.52. The molecule has 0 bridgehead atoms. The Bertz CT molecular complexity index is 565. The fourth-order valence-electron chi connectivity index (χ4n) is 1.99. The van der Waals surface area contributed by atoms with Crippen molar-refractivity contribution in [1.82, 2.24) is 9.97 Å². The Morgan fingerprint density at radius 2 is 2.00 bits per heavy atom. The molecule has 1 heterocycles. The van der Waals surface area contributed by atoms with Crippen LogP contribution < -0.4 is 15.0 Å². The standard InChI is InChI=1S/C15H19ClN4O/c1-20(12-7-4-3-5-8-12)10-6-9-17-15-13(21-2)14(16)18-11-19-15/h3-5,7-8,11H,6,9-10H2,1-2H3,(H,17,18,19). The molecule has 1 aromatic heterocycles. The van der Waals surface area contributed by atoms with Crippen LogP contribution in [0.3, 0.4) is 0 Å². The van der Waals surface area contributed by atoms with E-state index < -0.39 is 0 Å². The Morgan fingerprint density at radius 1 is 1.24 bits per heavy atom. The number of aromatic nitrogens is 2. The maximum Gasteiger partial charge on any atom is 0.198 e. The molecule has 2 rings (SSSR count). The van der Waals surface area contributed by atoms with Crippen molar-refractivity contribution >= 4 is 23.1 Å². The van der Waals surface area contributed by atoms with Crippen LogP contribution in [-0.4, -0.2) is 37.2 Å². The van der Waals surface area contributed by atoms with Gasteiger partial charge in [-0.3, -0.25) is 0 Å². The lowest BCUT2D eigenvalue weighted by atomic mass is 10.3. The average molecular weight is 307 g/mol. The van der Waals surface area contributed by atoms with E-state index >= 15 is 0 Å². The van der Waals surface area contributed by atoms with Crippen molar-refractivity contribution in [1.29, 1.82) is 0 Å². The van der Waals surface area contributed by atoms with Gasteiger partial charge in [0.1, 0.15) is 6.33 Å². The van der Waals surface area contributed by atoms with Crippen LogP contribution >= 0.6 is 11.6 Å². The smallest absolute Gasteiger partial charge is 0.198 e. The zero-order chi connectivity index (χ0) is 15.1. The minimum atomic E-state index is 0.316. The largest absolute Gasteiger partial charge is 0.490 e. The van der Waals surface area contributed by atoms with Crippen molar-refractivity contribution in [3.63, 3.8) is 0 Å². The van der Waals surface area contributed by atoms with E-state index in [9.17, 15) is 0 Å². The Hall–Kier alpha value is -2.01. The molecule has 5 nitrogen and oxygen atoms in total. The summed E-state index contributed by atoms with van der Waals surface area (Å²) in [7, 11) is 3.64. The molecule has 0 radical (unpaired) electrons. The van der Waals surface area contributed by atoms with E-state index in [0.29, 0.717) is 16.7 Å². The van der Waals surface area contributed by atoms with Gasteiger partial charge < -0.3 is 15.0 Å². The van der Waals surface area contributed by atoms with Crippen LogP contribution in [0.25, 0.3) is 0 Å². The molecule has 1 aromatic carbocycles. The molecule has 2 aromatic rings. The lowest BCUT2D eigenvalue weighted by Gasteiger charge is -2.19.